The number of carboxylic acid groups (broad SMARTS) is 1. The van der Waals surface area contributed by atoms with Crippen LogP contribution >= 0.6 is 0 Å². The molecule has 6 nitrogen and oxygen atoms in total. The van der Waals surface area contributed by atoms with Gasteiger partial charge in [-0.25, -0.2) is 4.79 Å². The summed E-state index contributed by atoms with van der Waals surface area (Å²) in [4.78, 5) is 15.8. The Labute approximate surface area is 204 Å². The van der Waals surface area contributed by atoms with Crippen LogP contribution in [0.25, 0.3) is 0 Å². The summed E-state index contributed by atoms with van der Waals surface area (Å²) in [5, 5.41) is 11.5. The Morgan fingerprint density at radius 1 is 1.06 bits per heavy atom. The lowest BCUT2D eigenvalue weighted by molar-refractivity contribution is 0.126. The lowest BCUT2D eigenvalue weighted by Crippen LogP contribution is -2.37. The van der Waals surface area contributed by atoms with Gasteiger partial charge in [-0.15, -0.1) is 0 Å². The number of amides is 1. The summed E-state index contributed by atoms with van der Waals surface area (Å²) < 4.78 is 6.18. The SMILES string of the molecule is CC(C)(C)Oc1ccccc1CN(CCCN1CCC(c2ccccc2)CC1)CCNC(=O)O. The maximum Gasteiger partial charge on any atom is 0.404 e. The minimum absolute atomic E-state index is 0.266. The minimum atomic E-state index is -0.974. The summed E-state index contributed by atoms with van der Waals surface area (Å²) >= 11 is 0. The van der Waals surface area contributed by atoms with Gasteiger partial charge < -0.3 is 20.1 Å². The second-order valence-electron chi connectivity index (χ2n) is 10.2. The lowest BCUT2D eigenvalue weighted by Gasteiger charge is -2.33. The number of likely N-dealkylation sites (tertiary alicyclic amines) is 1. The largest absolute Gasteiger partial charge is 0.488 e. The molecule has 1 fully saturated rings. The summed E-state index contributed by atoms with van der Waals surface area (Å²) in [6, 6.07) is 19.0. The van der Waals surface area contributed by atoms with E-state index in [1.54, 1.807) is 0 Å². The maximum absolute atomic E-state index is 10.9. The zero-order valence-corrected chi connectivity index (χ0v) is 21.0. The molecule has 1 aliphatic heterocycles. The van der Waals surface area contributed by atoms with Gasteiger partial charge in [0.1, 0.15) is 11.4 Å². The van der Waals surface area contributed by atoms with E-state index in [4.69, 9.17) is 9.84 Å². The standard InChI is InChI=1S/C28H41N3O3/c1-28(2,3)34-26-13-8-7-12-25(26)22-31(21-16-29-27(32)33)18-9-17-30-19-14-24(15-20-30)23-10-5-4-6-11-23/h4-8,10-13,24,29H,9,14-22H2,1-3H3,(H,32,33). The second-order valence-corrected chi connectivity index (χ2v) is 10.2. The van der Waals surface area contributed by atoms with E-state index >= 15 is 0 Å². The third kappa shape index (κ3) is 8.99. The molecule has 2 aromatic carbocycles. The monoisotopic (exact) mass is 467 g/mol. The van der Waals surface area contributed by atoms with E-state index in [2.05, 4.69) is 72.3 Å². The van der Waals surface area contributed by atoms with Gasteiger partial charge in [0.25, 0.3) is 0 Å². The van der Waals surface area contributed by atoms with Gasteiger partial charge in [-0.3, -0.25) is 4.90 Å². The fraction of sp³-hybridized carbons (Fsp3) is 0.536. The molecule has 34 heavy (non-hydrogen) atoms. The van der Waals surface area contributed by atoms with Crippen LogP contribution < -0.4 is 10.1 Å². The average Bonchev–Trinajstić information content (AvgIpc) is 2.80. The first-order valence-electron chi connectivity index (χ1n) is 12.5. The van der Waals surface area contributed by atoms with Gasteiger partial charge in [0.05, 0.1) is 0 Å². The third-order valence-electron chi connectivity index (χ3n) is 6.29. The molecule has 1 aliphatic rings. The van der Waals surface area contributed by atoms with Crippen molar-refractivity contribution in [3.05, 3.63) is 65.7 Å². The maximum atomic E-state index is 10.9. The number of nitrogens with one attached hydrogen (secondary N) is 1. The van der Waals surface area contributed by atoms with Gasteiger partial charge in [-0.2, -0.15) is 0 Å². The smallest absolute Gasteiger partial charge is 0.404 e. The molecule has 0 unspecified atom stereocenters. The number of nitrogens with zero attached hydrogens (tertiary/aromatic N) is 2. The fourth-order valence-corrected chi connectivity index (χ4v) is 4.63. The number of rotatable bonds is 11. The van der Waals surface area contributed by atoms with Gasteiger partial charge in [-0.05, 0) is 83.8 Å². The molecule has 0 aromatic heterocycles. The quantitative estimate of drug-likeness (QED) is 0.475. The first-order valence-corrected chi connectivity index (χ1v) is 12.5. The number of ether oxygens (including phenoxy) is 1. The molecule has 3 rings (SSSR count). The Bertz CT molecular complexity index is 874. The zero-order valence-electron chi connectivity index (χ0n) is 21.0. The molecule has 6 heteroatoms. The Hall–Kier alpha value is -2.57. The van der Waals surface area contributed by atoms with Crippen molar-refractivity contribution in [1.82, 2.24) is 15.1 Å². The second kappa shape index (κ2) is 12.8. The van der Waals surface area contributed by atoms with Crippen LogP contribution in [0.3, 0.4) is 0 Å². The molecular weight excluding hydrogens is 426 g/mol. The first-order chi connectivity index (χ1) is 16.3. The molecule has 0 atom stereocenters. The molecule has 0 radical (unpaired) electrons. The predicted octanol–water partition coefficient (Wildman–Crippen LogP) is 5.20. The van der Waals surface area contributed by atoms with E-state index < -0.39 is 6.09 Å². The van der Waals surface area contributed by atoms with E-state index in [9.17, 15) is 4.79 Å². The van der Waals surface area contributed by atoms with Crippen molar-refractivity contribution in [2.24, 2.45) is 0 Å². The molecule has 0 saturated carbocycles. The molecular formula is C28H41N3O3. The summed E-state index contributed by atoms with van der Waals surface area (Å²) in [6.45, 7) is 12.3. The lowest BCUT2D eigenvalue weighted by atomic mass is 9.89. The van der Waals surface area contributed by atoms with Crippen LogP contribution in [0, 0.1) is 0 Å². The van der Waals surface area contributed by atoms with Crippen LogP contribution in [-0.4, -0.2) is 65.9 Å². The Morgan fingerprint density at radius 3 is 2.41 bits per heavy atom. The van der Waals surface area contributed by atoms with Crippen molar-refractivity contribution in [2.45, 2.75) is 58.1 Å². The normalized spacial score (nSPS) is 15.4. The van der Waals surface area contributed by atoms with E-state index in [1.165, 1.54) is 18.4 Å². The first kappa shape index (κ1) is 26.0. The highest BCUT2D eigenvalue weighted by Crippen LogP contribution is 2.28. The highest BCUT2D eigenvalue weighted by molar-refractivity contribution is 5.64. The molecule has 186 valence electrons. The highest BCUT2D eigenvalue weighted by Gasteiger charge is 2.21. The third-order valence-corrected chi connectivity index (χ3v) is 6.29. The van der Waals surface area contributed by atoms with Gasteiger partial charge >= 0.3 is 6.09 Å². The molecule has 0 bridgehead atoms. The van der Waals surface area contributed by atoms with Crippen LogP contribution in [0.2, 0.25) is 0 Å². The molecule has 2 aromatic rings. The van der Waals surface area contributed by atoms with Crippen LogP contribution in [-0.2, 0) is 6.54 Å². The van der Waals surface area contributed by atoms with Crippen molar-refractivity contribution in [3.8, 4) is 5.75 Å². The van der Waals surface area contributed by atoms with Gasteiger partial charge in [-0.1, -0.05) is 48.5 Å². The fourth-order valence-electron chi connectivity index (χ4n) is 4.63. The Balaban J connectivity index is 1.51. The molecule has 1 saturated heterocycles. The minimum Gasteiger partial charge on any atom is -0.488 e. The number of carbonyl (C=O) groups is 1. The van der Waals surface area contributed by atoms with Crippen LogP contribution in [0.4, 0.5) is 4.79 Å². The van der Waals surface area contributed by atoms with Crippen LogP contribution in [0.5, 0.6) is 5.75 Å². The predicted molar refractivity (Wildman–Crippen MR) is 138 cm³/mol. The van der Waals surface area contributed by atoms with E-state index in [-0.39, 0.29) is 5.60 Å². The Kier molecular flexibility index (Phi) is 9.78. The van der Waals surface area contributed by atoms with Gasteiger partial charge in [0.2, 0.25) is 0 Å². The summed E-state index contributed by atoms with van der Waals surface area (Å²) in [7, 11) is 0. The number of benzene rings is 2. The van der Waals surface area contributed by atoms with Crippen molar-refractivity contribution >= 4 is 6.09 Å². The highest BCUT2D eigenvalue weighted by atomic mass is 16.5. The van der Waals surface area contributed by atoms with E-state index in [1.807, 2.05) is 18.2 Å². The zero-order chi connectivity index (χ0) is 24.4. The van der Waals surface area contributed by atoms with E-state index in [0.29, 0.717) is 19.0 Å². The van der Waals surface area contributed by atoms with Crippen molar-refractivity contribution in [1.29, 1.82) is 0 Å². The summed E-state index contributed by atoms with van der Waals surface area (Å²) in [5.41, 5.74) is 2.34. The molecule has 0 aliphatic carbocycles. The molecule has 1 amide bonds. The molecule has 2 N–H and O–H groups in total. The van der Waals surface area contributed by atoms with Crippen LogP contribution in [0.1, 0.15) is 57.1 Å². The molecule has 1 heterocycles. The number of para-hydroxylation sites is 1. The average molecular weight is 468 g/mol. The summed E-state index contributed by atoms with van der Waals surface area (Å²) in [5.74, 6) is 1.57. The number of hydrogen-bond donors (Lipinski definition) is 2. The molecule has 0 spiro atoms. The van der Waals surface area contributed by atoms with Gasteiger partial charge in [0.15, 0.2) is 0 Å². The van der Waals surface area contributed by atoms with Crippen molar-refractivity contribution in [2.75, 3.05) is 39.3 Å². The summed E-state index contributed by atoms with van der Waals surface area (Å²) in [6.07, 6.45) is 2.52. The Morgan fingerprint density at radius 2 is 1.74 bits per heavy atom. The number of piperidine rings is 1. The van der Waals surface area contributed by atoms with Crippen LogP contribution in [0.15, 0.2) is 54.6 Å². The van der Waals surface area contributed by atoms with Crippen molar-refractivity contribution < 1.29 is 14.6 Å². The van der Waals surface area contributed by atoms with Gasteiger partial charge in [0, 0.05) is 25.2 Å². The topological polar surface area (TPSA) is 65.0 Å². The number of hydrogen-bond acceptors (Lipinski definition) is 4. The van der Waals surface area contributed by atoms with Crippen molar-refractivity contribution in [3.63, 3.8) is 0 Å². The van der Waals surface area contributed by atoms with E-state index in [0.717, 1.165) is 50.5 Å².